The van der Waals surface area contributed by atoms with Crippen LogP contribution in [0.5, 0.6) is 0 Å². The van der Waals surface area contributed by atoms with Crippen LogP contribution in [0.1, 0.15) is 39.7 Å². The Balaban J connectivity index is 0.00000163. The molecule has 24 heavy (non-hydrogen) atoms. The van der Waals surface area contributed by atoms with Crippen LogP contribution in [-0.4, -0.2) is 41.7 Å². The van der Waals surface area contributed by atoms with Crippen LogP contribution in [0, 0.1) is 0 Å². The first-order chi connectivity index (χ1) is 11.1. The molecule has 0 atom stereocenters. The maximum atomic E-state index is 11.7. The van der Waals surface area contributed by atoms with E-state index in [4.69, 9.17) is 9.84 Å². The third kappa shape index (κ3) is 9.12. The van der Waals surface area contributed by atoms with E-state index in [1.165, 1.54) is 7.11 Å². The number of esters is 1. The van der Waals surface area contributed by atoms with Gasteiger partial charge in [-0.25, -0.2) is 4.79 Å². The van der Waals surface area contributed by atoms with Gasteiger partial charge in [0.25, 0.3) is 0 Å². The first-order valence-electron chi connectivity index (χ1n) is 7.63. The molecule has 7 heteroatoms. The number of rotatable bonds is 4. The van der Waals surface area contributed by atoms with Crippen molar-refractivity contribution in [2.75, 3.05) is 18.8 Å². The van der Waals surface area contributed by atoms with Crippen molar-refractivity contribution in [2.24, 2.45) is 0 Å². The molecule has 1 amide bonds. The summed E-state index contributed by atoms with van der Waals surface area (Å²) in [5.41, 5.74) is 0.520. The number of nitrogens with zero attached hydrogens (tertiary/aromatic N) is 1. The molecule has 0 aliphatic carbocycles. The average Bonchev–Trinajstić information content (AvgIpc) is 2.51. The van der Waals surface area contributed by atoms with Crippen LogP contribution < -0.4 is 5.06 Å². The van der Waals surface area contributed by atoms with Gasteiger partial charge in [0.15, 0.2) is 0 Å². The fourth-order valence-corrected chi connectivity index (χ4v) is 1.56. The normalized spacial score (nSPS) is 10.3. The molecule has 0 fully saturated rings. The number of hydrogen-bond acceptors (Lipinski definition) is 6. The van der Waals surface area contributed by atoms with Crippen LogP contribution in [0.25, 0.3) is 0 Å². The second kappa shape index (κ2) is 10.6. The van der Waals surface area contributed by atoms with Gasteiger partial charge >= 0.3 is 12.1 Å². The van der Waals surface area contributed by atoms with Crippen molar-refractivity contribution in [3.8, 4) is 0 Å². The van der Waals surface area contributed by atoms with Crippen LogP contribution >= 0.6 is 0 Å². The third-order valence-corrected chi connectivity index (χ3v) is 2.59. The van der Waals surface area contributed by atoms with Gasteiger partial charge in [-0.3, -0.25) is 10.0 Å². The highest BCUT2D eigenvalue weighted by Crippen LogP contribution is 2.18. The van der Waals surface area contributed by atoms with Gasteiger partial charge in [0.2, 0.25) is 0 Å². The molecule has 0 heterocycles. The Labute approximate surface area is 142 Å². The van der Waals surface area contributed by atoms with E-state index in [0.717, 1.165) is 5.56 Å². The number of hydrogen-bond donors (Lipinski definition) is 2. The van der Waals surface area contributed by atoms with Gasteiger partial charge in [-0.05, 0) is 51.8 Å². The first kappa shape index (κ1) is 21.9. The number of ether oxygens (including phenoxy) is 2. The summed E-state index contributed by atoms with van der Waals surface area (Å²) in [5.74, 6) is -0.281. The van der Waals surface area contributed by atoms with Crippen LogP contribution in [0.15, 0.2) is 24.3 Å². The Bertz CT molecular complexity index is 507. The minimum Gasteiger partial charge on any atom is -0.469 e. The maximum Gasteiger partial charge on any atom is 0.439 e. The van der Waals surface area contributed by atoms with Crippen molar-refractivity contribution >= 4 is 17.7 Å². The third-order valence-electron chi connectivity index (χ3n) is 2.59. The highest BCUT2D eigenvalue weighted by molar-refractivity contribution is 5.85. The number of methoxy groups -OCH3 is 1. The van der Waals surface area contributed by atoms with Gasteiger partial charge < -0.3 is 14.6 Å². The summed E-state index contributed by atoms with van der Waals surface area (Å²) in [6.45, 7) is 7.08. The molecule has 136 valence electrons. The summed E-state index contributed by atoms with van der Waals surface area (Å²) in [7, 11) is 1.34. The van der Waals surface area contributed by atoms with Crippen LogP contribution in [0.4, 0.5) is 10.5 Å². The smallest absolute Gasteiger partial charge is 0.439 e. The monoisotopic (exact) mass is 341 g/mol. The molecule has 1 aromatic carbocycles. The Kier molecular flexibility index (Phi) is 9.68. The Morgan fingerprint density at radius 2 is 1.67 bits per heavy atom. The lowest BCUT2D eigenvalue weighted by molar-refractivity contribution is -0.140. The predicted octanol–water partition coefficient (Wildman–Crippen LogP) is 2.92. The van der Waals surface area contributed by atoms with E-state index in [1.54, 1.807) is 52.0 Å². The molecule has 1 rings (SSSR count). The van der Waals surface area contributed by atoms with Gasteiger partial charge in [0.05, 0.1) is 12.8 Å². The number of anilines is 1. The summed E-state index contributed by atoms with van der Waals surface area (Å²) in [6.07, 6.45) is -0.0277. The lowest BCUT2D eigenvalue weighted by Crippen LogP contribution is -2.34. The number of amides is 1. The first-order valence-corrected chi connectivity index (χ1v) is 7.63. The molecular weight excluding hydrogens is 314 g/mol. The largest absolute Gasteiger partial charge is 0.469 e. The quantitative estimate of drug-likeness (QED) is 0.496. The van der Waals surface area contributed by atoms with E-state index in [2.05, 4.69) is 4.74 Å². The zero-order chi connectivity index (χ0) is 18.8. The highest BCUT2D eigenvalue weighted by Gasteiger charge is 2.22. The van der Waals surface area contributed by atoms with E-state index in [0.29, 0.717) is 17.2 Å². The number of aliphatic hydroxyl groups excluding tert-OH is 1. The molecule has 0 radical (unpaired) electrons. The Morgan fingerprint density at radius 1 is 1.17 bits per heavy atom. The lowest BCUT2D eigenvalue weighted by Gasteiger charge is -2.23. The highest BCUT2D eigenvalue weighted by atomic mass is 16.6. The van der Waals surface area contributed by atoms with Crippen LogP contribution in [0.2, 0.25) is 0 Å². The summed E-state index contributed by atoms with van der Waals surface area (Å²) in [4.78, 5) is 22.7. The summed E-state index contributed by atoms with van der Waals surface area (Å²) in [5, 5.41) is 17.8. The van der Waals surface area contributed by atoms with Gasteiger partial charge in [-0.15, -0.1) is 0 Å². The fraction of sp³-hybridized carbons (Fsp3) is 0.529. The molecule has 1 aromatic rings. The molecule has 0 aliphatic rings. The fourth-order valence-electron chi connectivity index (χ4n) is 1.56. The SMILES string of the molecule is CCO.COC(=O)CCc1ccc(N(O)C(=O)OC(C)(C)C)cc1. The molecule has 0 saturated heterocycles. The topological polar surface area (TPSA) is 96.3 Å². The van der Waals surface area contributed by atoms with Crippen molar-refractivity contribution in [1.82, 2.24) is 0 Å². The second-order valence-corrected chi connectivity index (χ2v) is 5.85. The number of aliphatic hydroxyl groups is 1. The molecular formula is C17H27NO6. The molecule has 0 aromatic heterocycles. The Morgan fingerprint density at radius 3 is 2.08 bits per heavy atom. The minimum atomic E-state index is -0.843. The van der Waals surface area contributed by atoms with E-state index in [-0.39, 0.29) is 19.0 Å². The van der Waals surface area contributed by atoms with Crippen LogP contribution in [0.3, 0.4) is 0 Å². The van der Waals surface area contributed by atoms with Crippen molar-refractivity contribution < 1.29 is 29.4 Å². The van der Waals surface area contributed by atoms with E-state index in [9.17, 15) is 14.8 Å². The maximum absolute atomic E-state index is 11.7. The van der Waals surface area contributed by atoms with Crippen molar-refractivity contribution in [3.63, 3.8) is 0 Å². The number of aryl methyl sites for hydroxylation is 1. The number of carbonyl (C=O) groups is 2. The van der Waals surface area contributed by atoms with E-state index >= 15 is 0 Å². The van der Waals surface area contributed by atoms with Gasteiger partial charge in [0.1, 0.15) is 5.60 Å². The lowest BCUT2D eigenvalue weighted by atomic mass is 10.1. The van der Waals surface area contributed by atoms with E-state index in [1.807, 2.05) is 0 Å². The van der Waals surface area contributed by atoms with Crippen LogP contribution in [-0.2, 0) is 20.7 Å². The van der Waals surface area contributed by atoms with E-state index < -0.39 is 11.7 Å². The molecule has 0 spiro atoms. The van der Waals surface area contributed by atoms with Crippen molar-refractivity contribution in [3.05, 3.63) is 29.8 Å². The number of carbonyl (C=O) groups excluding carboxylic acids is 2. The molecule has 0 aliphatic heterocycles. The van der Waals surface area contributed by atoms with Gasteiger partial charge in [-0.1, -0.05) is 12.1 Å². The number of benzene rings is 1. The number of hydroxylamine groups is 1. The zero-order valence-electron chi connectivity index (χ0n) is 14.9. The van der Waals surface area contributed by atoms with Crippen molar-refractivity contribution in [2.45, 2.75) is 46.1 Å². The minimum absolute atomic E-state index is 0.250. The zero-order valence-corrected chi connectivity index (χ0v) is 14.9. The molecule has 2 N–H and O–H groups in total. The molecule has 0 unspecified atom stereocenters. The summed E-state index contributed by atoms with van der Waals surface area (Å²) < 4.78 is 9.62. The van der Waals surface area contributed by atoms with Gasteiger partial charge in [-0.2, -0.15) is 5.06 Å². The average molecular weight is 341 g/mol. The Hall–Kier alpha value is -2.12. The van der Waals surface area contributed by atoms with Crippen molar-refractivity contribution in [1.29, 1.82) is 0 Å². The standard InChI is InChI=1S/C15H21NO5.C2H6O/c1-15(2,3)21-14(18)16(19)12-8-5-11(6-9-12)7-10-13(17)20-4;1-2-3/h5-6,8-9,19H,7,10H2,1-4H3;3H,2H2,1H3. The molecule has 0 saturated carbocycles. The molecule has 7 nitrogen and oxygen atoms in total. The summed E-state index contributed by atoms with van der Waals surface area (Å²) >= 11 is 0. The predicted molar refractivity (Wildman–Crippen MR) is 90.0 cm³/mol. The second-order valence-electron chi connectivity index (χ2n) is 5.85. The van der Waals surface area contributed by atoms with Gasteiger partial charge in [0, 0.05) is 13.0 Å². The molecule has 0 bridgehead atoms. The summed E-state index contributed by atoms with van der Waals surface area (Å²) in [6, 6.07) is 6.62.